The fourth-order valence-electron chi connectivity index (χ4n) is 1.77. The van der Waals surface area contributed by atoms with E-state index in [0.717, 1.165) is 18.4 Å². The van der Waals surface area contributed by atoms with Crippen LogP contribution >= 0.6 is 15.9 Å². The van der Waals surface area contributed by atoms with Crippen molar-refractivity contribution in [2.45, 2.75) is 38.1 Å². The molecule has 0 heterocycles. The molecule has 0 aliphatic carbocycles. The van der Waals surface area contributed by atoms with Gasteiger partial charge in [-0.1, -0.05) is 32.8 Å². The number of hydrogen-bond donors (Lipinski definition) is 2. The molecule has 0 saturated heterocycles. The van der Waals surface area contributed by atoms with E-state index in [-0.39, 0.29) is 4.90 Å². The Balaban J connectivity index is 2.88. The highest BCUT2D eigenvalue weighted by molar-refractivity contribution is 9.10. The molecule has 0 aliphatic heterocycles. The summed E-state index contributed by atoms with van der Waals surface area (Å²) in [5, 5.41) is 0. The Morgan fingerprint density at radius 1 is 1.32 bits per heavy atom. The molecule has 19 heavy (non-hydrogen) atoms. The quantitative estimate of drug-likeness (QED) is 0.795. The van der Waals surface area contributed by atoms with Crippen molar-refractivity contribution in [3.05, 3.63) is 28.2 Å². The summed E-state index contributed by atoms with van der Waals surface area (Å²) in [4.78, 5) is 0.260. The average Bonchev–Trinajstić information content (AvgIpc) is 2.39. The largest absolute Gasteiger partial charge is 0.326 e. The van der Waals surface area contributed by atoms with Gasteiger partial charge in [0.15, 0.2) is 0 Å². The number of sulfonamides is 1. The molecule has 3 N–H and O–H groups in total. The van der Waals surface area contributed by atoms with Gasteiger partial charge in [0, 0.05) is 17.6 Å². The van der Waals surface area contributed by atoms with Gasteiger partial charge in [0.05, 0.1) is 4.90 Å². The van der Waals surface area contributed by atoms with Gasteiger partial charge in [0.1, 0.15) is 0 Å². The average molecular weight is 349 g/mol. The van der Waals surface area contributed by atoms with Crippen LogP contribution in [0.2, 0.25) is 0 Å². The number of nitrogens with two attached hydrogens (primary N) is 1. The maximum Gasteiger partial charge on any atom is 0.241 e. The van der Waals surface area contributed by atoms with Crippen molar-refractivity contribution in [3.8, 4) is 0 Å². The van der Waals surface area contributed by atoms with E-state index in [1.807, 2.05) is 0 Å². The van der Waals surface area contributed by atoms with Crippen LogP contribution < -0.4 is 10.5 Å². The molecule has 4 nitrogen and oxygen atoms in total. The molecule has 108 valence electrons. The van der Waals surface area contributed by atoms with E-state index in [1.54, 1.807) is 18.2 Å². The Bertz CT molecular complexity index is 513. The summed E-state index contributed by atoms with van der Waals surface area (Å²) in [6.07, 6.45) is 1.93. The third-order valence-corrected chi connectivity index (χ3v) is 5.64. The Kier molecular flexibility index (Phi) is 6.46. The van der Waals surface area contributed by atoms with Crippen molar-refractivity contribution in [1.29, 1.82) is 0 Å². The normalized spacial score (nSPS) is 12.1. The molecule has 0 atom stereocenters. The van der Waals surface area contributed by atoms with Crippen molar-refractivity contribution in [2.24, 2.45) is 11.7 Å². The zero-order valence-corrected chi connectivity index (χ0v) is 13.7. The molecule has 0 amide bonds. The molecule has 0 radical (unpaired) electrons. The number of halogens is 1. The van der Waals surface area contributed by atoms with Crippen molar-refractivity contribution < 1.29 is 8.42 Å². The van der Waals surface area contributed by atoms with Crippen LogP contribution in [0.15, 0.2) is 27.6 Å². The van der Waals surface area contributed by atoms with Gasteiger partial charge in [-0.25, -0.2) is 13.1 Å². The minimum Gasteiger partial charge on any atom is -0.326 e. The van der Waals surface area contributed by atoms with E-state index in [4.69, 9.17) is 5.73 Å². The second kappa shape index (κ2) is 7.38. The Morgan fingerprint density at radius 3 is 2.42 bits per heavy atom. The summed E-state index contributed by atoms with van der Waals surface area (Å²) in [5.74, 6) is 0.372. The van der Waals surface area contributed by atoms with Gasteiger partial charge in [-0.15, -0.1) is 0 Å². The second-order valence-corrected chi connectivity index (χ2v) is 7.09. The molecule has 0 saturated carbocycles. The fraction of sp³-hybridized carbons (Fsp3) is 0.538. The van der Waals surface area contributed by atoms with E-state index in [0.29, 0.717) is 23.5 Å². The number of rotatable bonds is 7. The number of benzene rings is 1. The lowest BCUT2D eigenvalue weighted by Crippen LogP contribution is -2.29. The van der Waals surface area contributed by atoms with Gasteiger partial charge in [0.2, 0.25) is 10.0 Å². The van der Waals surface area contributed by atoms with Crippen molar-refractivity contribution >= 4 is 26.0 Å². The lowest BCUT2D eigenvalue weighted by Gasteiger charge is -2.14. The first kappa shape index (κ1) is 16.6. The first-order chi connectivity index (χ1) is 8.94. The van der Waals surface area contributed by atoms with E-state index in [2.05, 4.69) is 34.5 Å². The molecule has 0 aliphatic rings. The molecule has 1 aromatic rings. The zero-order chi connectivity index (χ0) is 14.5. The molecule has 6 heteroatoms. The molecule has 0 aromatic heterocycles. The molecular formula is C13H21BrN2O2S. The minimum atomic E-state index is -3.47. The highest BCUT2D eigenvalue weighted by atomic mass is 79.9. The standard InChI is InChI=1S/C13H21BrN2O2S/c1-3-10(4-2)9-16-19(17,18)13-6-5-11(8-15)7-12(13)14/h5-7,10,16H,3-4,8-9,15H2,1-2H3. The lowest BCUT2D eigenvalue weighted by atomic mass is 10.0. The first-order valence-corrected chi connectivity index (χ1v) is 8.70. The molecule has 0 unspecified atom stereocenters. The molecule has 0 fully saturated rings. The molecule has 1 rings (SSSR count). The third-order valence-electron chi connectivity index (χ3n) is 3.24. The molecular weight excluding hydrogens is 328 g/mol. The van der Waals surface area contributed by atoms with Crippen LogP contribution in [-0.4, -0.2) is 15.0 Å². The lowest BCUT2D eigenvalue weighted by molar-refractivity contribution is 0.479. The third kappa shape index (κ3) is 4.56. The topological polar surface area (TPSA) is 72.2 Å². The maximum absolute atomic E-state index is 12.2. The summed E-state index contributed by atoms with van der Waals surface area (Å²) in [6, 6.07) is 5.06. The summed E-state index contributed by atoms with van der Waals surface area (Å²) >= 11 is 3.29. The summed E-state index contributed by atoms with van der Waals surface area (Å²) in [7, 11) is -3.47. The summed E-state index contributed by atoms with van der Waals surface area (Å²) in [6.45, 7) is 4.99. The maximum atomic E-state index is 12.2. The van der Waals surface area contributed by atoms with Crippen molar-refractivity contribution in [1.82, 2.24) is 4.72 Å². The van der Waals surface area contributed by atoms with Gasteiger partial charge in [0.25, 0.3) is 0 Å². The number of hydrogen-bond acceptors (Lipinski definition) is 3. The van der Waals surface area contributed by atoms with Crippen molar-refractivity contribution in [3.63, 3.8) is 0 Å². The van der Waals surface area contributed by atoms with Crippen LogP contribution in [0.4, 0.5) is 0 Å². The van der Waals surface area contributed by atoms with E-state index < -0.39 is 10.0 Å². The van der Waals surface area contributed by atoms with Gasteiger partial charge in [-0.3, -0.25) is 0 Å². The van der Waals surface area contributed by atoms with Crippen LogP contribution in [0.3, 0.4) is 0 Å². The monoisotopic (exact) mass is 348 g/mol. The van der Waals surface area contributed by atoms with E-state index >= 15 is 0 Å². The molecule has 0 spiro atoms. The van der Waals surface area contributed by atoms with E-state index in [1.165, 1.54) is 0 Å². The van der Waals surface area contributed by atoms with Crippen LogP contribution in [0.25, 0.3) is 0 Å². The van der Waals surface area contributed by atoms with Crippen LogP contribution in [0.5, 0.6) is 0 Å². The fourth-order valence-corrected chi connectivity index (χ4v) is 4.01. The van der Waals surface area contributed by atoms with Crippen LogP contribution in [0, 0.1) is 5.92 Å². The minimum absolute atomic E-state index is 0.260. The van der Waals surface area contributed by atoms with Crippen LogP contribution in [-0.2, 0) is 16.6 Å². The predicted molar refractivity (Wildman–Crippen MR) is 81.3 cm³/mol. The summed E-state index contributed by atoms with van der Waals surface area (Å²) < 4.78 is 27.6. The van der Waals surface area contributed by atoms with Gasteiger partial charge in [-0.05, 0) is 39.5 Å². The smallest absolute Gasteiger partial charge is 0.241 e. The highest BCUT2D eigenvalue weighted by Crippen LogP contribution is 2.23. The SMILES string of the molecule is CCC(CC)CNS(=O)(=O)c1ccc(CN)cc1Br. The van der Waals surface area contributed by atoms with Crippen molar-refractivity contribution in [2.75, 3.05) is 6.54 Å². The van der Waals surface area contributed by atoms with Crippen LogP contribution in [0.1, 0.15) is 32.3 Å². The van der Waals surface area contributed by atoms with Gasteiger partial charge < -0.3 is 5.73 Å². The molecule has 1 aromatic carbocycles. The Morgan fingerprint density at radius 2 is 1.95 bits per heavy atom. The van der Waals surface area contributed by atoms with Gasteiger partial charge in [-0.2, -0.15) is 0 Å². The first-order valence-electron chi connectivity index (χ1n) is 6.42. The Hall–Kier alpha value is -0.430. The zero-order valence-electron chi connectivity index (χ0n) is 11.3. The number of nitrogens with one attached hydrogen (secondary N) is 1. The molecule has 0 bridgehead atoms. The predicted octanol–water partition coefficient (Wildman–Crippen LogP) is 2.62. The van der Waals surface area contributed by atoms with E-state index in [9.17, 15) is 8.42 Å². The van der Waals surface area contributed by atoms with Gasteiger partial charge >= 0.3 is 0 Å². The highest BCUT2D eigenvalue weighted by Gasteiger charge is 2.18. The second-order valence-electron chi connectivity index (χ2n) is 4.50. The Labute approximate surface area is 124 Å². The summed E-state index contributed by atoms with van der Waals surface area (Å²) in [5.41, 5.74) is 6.42.